The van der Waals surface area contributed by atoms with E-state index in [1.807, 2.05) is 29.2 Å². The zero-order chi connectivity index (χ0) is 15.5. The molecule has 0 amide bonds. The van der Waals surface area contributed by atoms with Crippen molar-refractivity contribution in [2.24, 2.45) is 5.92 Å². The van der Waals surface area contributed by atoms with Gasteiger partial charge in [-0.1, -0.05) is 12.1 Å². The lowest BCUT2D eigenvalue weighted by molar-refractivity contribution is -0.00444. The molecule has 3 rings (SSSR count). The standard InChI is InChI=1S/C17H23N3O2/c1-13-3-2-4-16(7-13)20-10-14(8-18-20)9-19-6-5-15(12-21)17(22)11-19/h2-4,7-8,10,15,17,21-22H,5-6,9,11-12H2,1H3/t15-,17+/m1/s1. The Bertz CT molecular complexity index is 626. The maximum absolute atomic E-state index is 10.0. The van der Waals surface area contributed by atoms with E-state index in [9.17, 15) is 10.2 Å². The van der Waals surface area contributed by atoms with Crippen LogP contribution in [-0.4, -0.2) is 50.7 Å². The smallest absolute Gasteiger partial charge is 0.0717 e. The number of aromatic nitrogens is 2. The Balaban J connectivity index is 1.65. The number of β-amino-alcohol motifs (C(OH)–C–C–N with tert-alkyl or cyclic N) is 1. The Hall–Kier alpha value is -1.69. The normalized spacial score (nSPS) is 22.9. The van der Waals surface area contributed by atoms with Gasteiger partial charge in [-0.25, -0.2) is 4.68 Å². The monoisotopic (exact) mass is 301 g/mol. The average Bonchev–Trinajstić information content (AvgIpc) is 2.96. The van der Waals surface area contributed by atoms with Crippen LogP contribution in [0.1, 0.15) is 17.5 Å². The number of aryl methyl sites for hydroxylation is 1. The van der Waals surface area contributed by atoms with Crippen molar-refractivity contribution >= 4 is 0 Å². The number of rotatable bonds is 4. The van der Waals surface area contributed by atoms with Crippen molar-refractivity contribution in [2.45, 2.75) is 26.0 Å². The minimum absolute atomic E-state index is 0.0197. The van der Waals surface area contributed by atoms with Gasteiger partial charge in [-0.15, -0.1) is 0 Å². The SMILES string of the molecule is Cc1cccc(-n2cc(CN3CC[C@H](CO)[C@@H](O)C3)cn2)c1. The third kappa shape index (κ3) is 3.38. The van der Waals surface area contributed by atoms with Crippen LogP contribution in [0.4, 0.5) is 0 Å². The van der Waals surface area contributed by atoms with Gasteiger partial charge in [0.2, 0.25) is 0 Å². The van der Waals surface area contributed by atoms with Gasteiger partial charge < -0.3 is 10.2 Å². The molecule has 2 N–H and O–H groups in total. The van der Waals surface area contributed by atoms with Crippen LogP contribution in [0.2, 0.25) is 0 Å². The average molecular weight is 301 g/mol. The van der Waals surface area contributed by atoms with Crippen molar-refractivity contribution in [1.82, 2.24) is 14.7 Å². The zero-order valence-corrected chi connectivity index (χ0v) is 12.9. The summed E-state index contributed by atoms with van der Waals surface area (Å²) in [6, 6.07) is 8.25. The lowest BCUT2D eigenvalue weighted by atomic mass is 9.94. The molecular weight excluding hydrogens is 278 g/mol. The van der Waals surface area contributed by atoms with Crippen molar-refractivity contribution in [2.75, 3.05) is 19.7 Å². The predicted molar refractivity (Wildman–Crippen MR) is 84.8 cm³/mol. The number of likely N-dealkylation sites (tertiary alicyclic amines) is 1. The van der Waals surface area contributed by atoms with Gasteiger partial charge in [-0.3, -0.25) is 4.90 Å². The number of hydrogen-bond donors (Lipinski definition) is 2. The summed E-state index contributed by atoms with van der Waals surface area (Å²) < 4.78 is 1.89. The van der Waals surface area contributed by atoms with Crippen molar-refractivity contribution in [3.05, 3.63) is 47.8 Å². The number of nitrogens with zero attached hydrogens (tertiary/aromatic N) is 3. The predicted octanol–water partition coefficient (Wildman–Crippen LogP) is 1.36. The number of piperidine rings is 1. The summed E-state index contributed by atoms with van der Waals surface area (Å²) in [4.78, 5) is 2.22. The number of aliphatic hydroxyl groups is 2. The molecule has 5 nitrogen and oxygen atoms in total. The first-order valence-corrected chi connectivity index (χ1v) is 7.77. The molecule has 2 aromatic rings. The number of hydrogen-bond acceptors (Lipinski definition) is 4. The summed E-state index contributed by atoms with van der Waals surface area (Å²) in [5.41, 5.74) is 3.41. The van der Waals surface area contributed by atoms with Gasteiger partial charge in [0.25, 0.3) is 0 Å². The lowest BCUT2D eigenvalue weighted by Crippen LogP contribution is -2.44. The van der Waals surface area contributed by atoms with E-state index in [1.165, 1.54) is 5.56 Å². The largest absolute Gasteiger partial charge is 0.396 e. The molecule has 0 aliphatic carbocycles. The second-order valence-corrected chi connectivity index (χ2v) is 6.17. The first kappa shape index (κ1) is 15.2. The Morgan fingerprint density at radius 3 is 2.95 bits per heavy atom. The van der Waals surface area contributed by atoms with Gasteiger partial charge in [0.05, 0.1) is 18.0 Å². The van der Waals surface area contributed by atoms with E-state index >= 15 is 0 Å². The highest BCUT2D eigenvalue weighted by atomic mass is 16.3. The first-order chi connectivity index (χ1) is 10.7. The molecule has 0 unspecified atom stereocenters. The van der Waals surface area contributed by atoms with Crippen LogP contribution >= 0.6 is 0 Å². The Morgan fingerprint density at radius 1 is 1.36 bits per heavy atom. The summed E-state index contributed by atoms with van der Waals surface area (Å²) in [5.74, 6) is 0.0197. The Morgan fingerprint density at radius 2 is 2.23 bits per heavy atom. The van der Waals surface area contributed by atoms with Crippen LogP contribution in [0.3, 0.4) is 0 Å². The summed E-state index contributed by atoms with van der Waals surface area (Å²) >= 11 is 0. The fourth-order valence-corrected chi connectivity index (χ4v) is 3.01. The highest BCUT2D eigenvalue weighted by Crippen LogP contribution is 2.19. The van der Waals surface area contributed by atoms with Gasteiger partial charge in [0.1, 0.15) is 0 Å². The van der Waals surface area contributed by atoms with Crippen LogP contribution in [0.5, 0.6) is 0 Å². The van der Waals surface area contributed by atoms with Crippen molar-refractivity contribution in [3.63, 3.8) is 0 Å². The Kier molecular flexibility index (Phi) is 4.57. The summed E-state index contributed by atoms with van der Waals surface area (Å²) in [6.07, 6.45) is 4.32. The van der Waals surface area contributed by atoms with E-state index < -0.39 is 6.10 Å². The Labute approximate surface area is 130 Å². The van der Waals surface area contributed by atoms with Gasteiger partial charge in [0.15, 0.2) is 0 Å². The van der Waals surface area contributed by atoms with Gasteiger partial charge in [-0.2, -0.15) is 5.10 Å². The third-order valence-corrected chi connectivity index (χ3v) is 4.35. The van der Waals surface area contributed by atoms with Crippen LogP contribution in [0.15, 0.2) is 36.7 Å². The molecule has 0 saturated carbocycles. The fraction of sp³-hybridized carbons (Fsp3) is 0.471. The topological polar surface area (TPSA) is 61.5 Å². The quantitative estimate of drug-likeness (QED) is 0.895. The highest BCUT2D eigenvalue weighted by molar-refractivity contribution is 5.35. The molecule has 1 aromatic heterocycles. The van der Waals surface area contributed by atoms with E-state index in [0.29, 0.717) is 6.54 Å². The molecule has 2 heterocycles. The minimum atomic E-state index is -0.439. The van der Waals surface area contributed by atoms with E-state index in [-0.39, 0.29) is 12.5 Å². The van der Waals surface area contributed by atoms with Gasteiger partial charge >= 0.3 is 0 Å². The van der Waals surface area contributed by atoms with E-state index in [1.54, 1.807) is 0 Å². The molecule has 1 aliphatic rings. The van der Waals surface area contributed by atoms with Crippen LogP contribution < -0.4 is 0 Å². The molecule has 1 aliphatic heterocycles. The van der Waals surface area contributed by atoms with Crippen molar-refractivity contribution in [3.8, 4) is 5.69 Å². The summed E-state index contributed by atoms with van der Waals surface area (Å²) in [5, 5.41) is 23.6. The maximum atomic E-state index is 10.0. The molecule has 1 aromatic carbocycles. The summed E-state index contributed by atoms with van der Waals surface area (Å²) in [7, 11) is 0. The molecule has 5 heteroatoms. The number of benzene rings is 1. The third-order valence-electron chi connectivity index (χ3n) is 4.35. The molecular formula is C17H23N3O2. The van der Waals surface area contributed by atoms with Crippen LogP contribution in [0.25, 0.3) is 5.69 Å². The van der Waals surface area contributed by atoms with Crippen molar-refractivity contribution < 1.29 is 10.2 Å². The van der Waals surface area contributed by atoms with Crippen LogP contribution in [0, 0.1) is 12.8 Å². The van der Waals surface area contributed by atoms with Gasteiger partial charge in [0, 0.05) is 37.4 Å². The molecule has 1 fully saturated rings. The summed E-state index contributed by atoms with van der Waals surface area (Å²) in [6.45, 7) is 4.43. The maximum Gasteiger partial charge on any atom is 0.0717 e. The lowest BCUT2D eigenvalue weighted by Gasteiger charge is -2.34. The first-order valence-electron chi connectivity index (χ1n) is 7.77. The van der Waals surface area contributed by atoms with E-state index in [2.05, 4.69) is 29.1 Å². The number of aliphatic hydroxyl groups excluding tert-OH is 2. The highest BCUT2D eigenvalue weighted by Gasteiger charge is 2.27. The zero-order valence-electron chi connectivity index (χ0n) is 12.9. The molecule has 1 saturated heterocycles. The molecule has 0 spiro atoms. The van der Waals surface area contributed by atoms with Gasteiger partial charge in [-0.05, 0) is 37.6 Å². The van der Waals surface area contributed by atoms with Crippen LogP contribution in [-0.2, 0) is 6.54 Å². The van der Waals surface area contributed by atoms with Crippen molar-refractivity contribution in [1.29, 1.82) is 0 Å². The molecule has 22 heavy (non-hydrogen) atoms. The van der Waals surface area contributed by atoms with E-state index in [4.69, 9.17) is 0 Å². The fourth-order valence-electron chi connectivity index (χ4n) is 3.01. The second kappa shape index (κ2) is 6.60. The molecule has 0 bridgehead atoms. The molecule has 118 valence electrons. The molecule has 0 radical (unpaired) electrons. The molecule has 2 atom stereocenters. The minimum Gasteiger partial charge on any atom is -0.396 e. The second-order valence-electron chi connectivity index (χ2n) is 6.17. The van der Waals surface area contributed by atoms with E-state index in [0.717, 1.165) is 30.8 Å².